The van der Waals surface area contributed by atoms with Crippen molar-refractivity contribution in [1.82, 2.24) is 25.8 Å². The van der Waals surface area contributed by atoms with Gasteiger partial charge in [-0.3, -0.25) is 24.2 Å². The number of nitrogens with zero attached hydrogens (tertiary/aromatic N) is 1. The lowest BCUT2D eigenvalue weighted by atomic mass is 10.00. The SMILES string of the molecule is C=C1CCCCc2ccc3[nH]c4ccc(cc4c3c2)CC(NC(C)=O)C(=O)N[C@H](CCCN=C(N)NCl)C(=O)N1. The third-order valence-corrected chi connectivity index (χ3v) is 7.21. The summed E-state index contributed by atoms with van der Waals surface area (Å²) in [6.45, 7) is 5.70. The van der Waals surface area contributed by atoms with Crippen LogP contribution < -0.4 is 26.5 Å². The van der Waals surface area contributed by atoms with Crippen LogP contribution in [0, 0.1) is 0 Å². The molecule has 3 aromatic rings. The molecule has 1 unspecified atom stereocenters. The second kappa shape index (κ2) is 13.3. The second-order valence-corrected chi connectivity index (χ2v) is 10.4. The highest BCUT2D eigenvalue weighted by Crippen LogP contribution is 2.28. The van der Waals surface area contributed by atoms with Gasteiger partial charge in [-0.15, -0.1) is 0 Å². The first-order valence-electron chi connectivity index (χ1n) is 13.5. The van der Waals surface area contributed by atoms with Crippen molar-refractivity contribution in [2.45, 2.75) is 64.0 Å². The number of carbonyl (C=O) groups excluding carboxylic acids is 3. The quantitative estimate of drug-likeness (QED) is 0.121. The topological polar surface area (TPSA) is 154 Å². The monoisotopic (exact) mass is 565 g/mol. The number of rotatable bonds is 5. The molecule has 0 fully saturated rings. The van der Waals surface area contributed by atoms with E-state index < -0.39 is 18.0 Å². The third kappa shape index (κ3) is 7.53. The lowest BCUT2D eigenvalue weighted by Crippen LogP contribution is -2.54. The van der Waals surface area contributed by atoms with Crippen molar-refractivity contribution in [3.63, 3.8) is 0 Å². The molecule has 2 aromatic carbocycles. The molecule has 40 heavy (non-hydrogen) atoms. The van der Waals surface area contributed by atoms with Gasteiger partial charge in [0.2, 0.25) is 23.7 Å². The number of guanidine groups is 1. The fraction of sp³-hybridized carbons (Fsp3) is 0.379. The molecule has 0 spiro atoms. The van der Waals surface area contributed by atoms with Crippen LogP contribution in [-0.2, 0) is 27.2 Å². The lowest BCUT2D eigenvalue weighted by molar-refractivity contribution is -0.131. The van der Waals surface area contributed by atoms with Crippen LogP contribution in [-0.4, -0.2) is 47.3 Å². The Hall–Kier alpha value is -4.05. The average molecular weight is 566 g/mol. The van der Waals surface area contributed by atoms with Crippen LogP contribution >= 0.6 is 11.8 Å². The van der Waals surface area contributed by atoms with E-state index in [9.17, 15) is 14.4 Å². The van der Waals surface area contributed by atoms with Gasteiger partial charge in [-0.25, -0.2) is 0 Å². The number of aromatic nitrogens is 1. The van der Waals surface area contributed by atoms with Crippen LogP contribution in [0.2, 0.25) is 0 Å². The van der Waals surface area contributed by atoms with Gasteiger partial charge in [0.25, 0.3) is 0 Å². The van der Waals surface area contributed by atoms with E-state index in [1.807, 2.05) is 12.1 Å². The Labute approximate surface area is 238 Å². The first kappa shape index (κ1) is 28.9. The number of hydrogen-bond donors (Lipinski definition) is 6. The van der Waals surface area contributed by atoms with E-state index in [1.165, 1.54) is 12.5 Å². The van der Waals surface area contributed by atoms with E-state index in [-0.39, 0.29) is 24.2 Å². The van der Waals surface area contributed by atoms with Crippen molar-refractivity contribution in [3.05, 3.63) is 59.8 Å². The van der Waals surface area contributed by atoms with Gasteiger partial charge >= 0.3 is 0 Å². The zero-order valence-electron chi connectivity index (χ0n) is 22.6. The molecule has 4 rings (SSSR count). The first-order chi connectivity index (χ1) is 19.2. The lowest BCUT2D eigenvalue weighted by Gasteiger charge is -2.23. The number of carbonyl (C=O) groups is 3. The van der Waals surface area contributed by atoms with Gasteiger partial charge in [-0.2, -0.15) is 0 Å². The molecule has 0 saturated heterocycles. The van der Waals surface area contributed by atoms with Gasteiger partial charge in [0.05, 0.1) is 0 Å². The highest BCUT2D eigenvalue weighted by molar-refractivity contribution is 6.21. The smallest absolute Gasteiger partial charge is 0.246 e. The maximum Gasteiger partial charge on any atom is 0.246 e. The van der Waals surface area contributed by atoms with Crippen LogP contribution in [0.15, 0.2) is 53.7 Å². The van der Waals surface area contributed by atoms with E-state index in [4.69, 9.17) is 17.5 Å². The largest absolute Gasteiger partial charge is 0.369 e. The van der Waals surface area contributed by atoms with Gasteiger partial charge in [0, 0.05) is 59.2 Å². The van der Waals surface area contributed by atoms with E-state index in [0.717, 1.165) is 46.6 Å². The number of fused-ring (bicyclic) bond motifs is 2. The van der Waals surface area contributed by atoms with Crippen molar-refractivity contribution in [2.24, 2.45) is 10.7 Å². The Kier molecular flexibility index (Phi) is 9.65. The molecule has 1 aliphatic heterocycles. The number of benzene rings is 2. The fourth-order valence-corrected chi connectivity index (χ4v) is 5.08. The number of nitrogens with two attached hydrogens (primary N) is 1. The summed E-state index contributed by atoms with van der Waals surface area (Å²) in [5.74, 6) is -1.08. The molecule has 2 heterocycles. The number of aliphatic imine (C=N–C) groups is 1. The van der Waals surface area contributed by atoms with Crippen LogP contribution in [0.1, 0.15) is 50.2 Å². The Bertz CT molecular complexity index is 1450. The number of H-pyrrole nitrogens is 1. The van der Waals surface area contributed by atoms with Crippen LogP contribution in [0.4, 0.5) is 0 Å². The zero-order chi connectivity index (χ0) is 28.6. The third-order valence-electron chi connectivity index (χ3n) is 7.02. The van der Waals surface area contributed by atoms with Crippen molar-refractivity contribution in [2.75, 3.05) is 6.54 Å². The molecule has 3 amide bonds. The van der Waals surface area contributed by atoms with E-state index in [0.29, 0.717) is 31.5 Å². The number of halogens is 1. The fourth-order valence-electron chi connectivity index (χ4n) is 5.02. The summed E-state index contributed by atoms with van der Waals surface area (Å²) < 4.78 is 0. The van der Waals surface area contributed by atoms with Crippen molar-refractivity contribution in [1.29, 1.82) is 0 Å². The van der Waals surface area contributed by atoms with Crippen LogP contribution in [0.3, 0.4) is 0 Å². The number of aromatic amines is 1. The van der Waals surface area contributed by atoms with E-state index in [2.05, 4.69) is 61.6 Å². The molecule has 0 saturated carbocycles. The van der Waals surface area contributed by atoms with E-state index in [1.54, 1.807) is 0 Å². The summed E-state index contributed by atoms with van der Waals surface area (Å²) >= 11 is 5.44. The molecule has 7 N–H and O–H groups in total. The summed E-state index contributed by atoms with van der Waals surface area (Å²) in [7, 11) is 0. The summed E-state index contributed by atoms with van der Waals surface area (Å²) in [5, 5.41) is 10.6. The molecule has 1 aliphatic rings. The molecule has 11 heteroatoms. The summed E-state index contributed by atoms with van der Waals surface area (Å²) in [4.78, 5) is 48.5. The minimum absolute atomic E-state index is 0.0711. The molecule has 4 bridgehead atoms. The number of hydrogen-bond acceptors (Lipinski definition) is 4. The van der Waals surface area contributed by atoms with Crippen molar-refractivity contribution < 1.29 is 14.4 Å². The first-order valence-corrected chi connectivity index (χ1v) is 13.9. The predicted molar refractivity (Wildman–Crippen MR) is 159 cm³/mol. The molecule has 212 valence electrons. The van der Waals surface area contributed by atoms with Crippen molar-refractivity contribution in [3.8, 4) is 0 Å². The Balaban J connectivity index is 1.64. The van der Waals surface area contributed by atoms with Crippen LogP contribution in [0.25, 0.3) is 21.8 Å². The standard InChI is InChI=1S/C29H36ClN7O3/c1-17-6-3-4-7-19-9-11-23-21(14-19)22-15-20(10-12-24(22)35-23)16-26(34-18(2)38)28(40)36-25(27(39)33-17)8-5-13-32-29(31)37-30/h9-12,14-15,25-26,35H,1,3-8,13,16H2,2H3,(H,33,39)(H,34,38)(H,36,40)(H3,31,32,37)/t25-,26?/m1/s1. The molecule has 0 radical (unpaired) electrons. The minimum atomic E-state index is -0.873. The number of nitrogens with one attached hydrogen (secondary N) is 5. The predicted octanol–water partition coefficient (Wildman–Crippen LogP) is 3.05. The second-order valence-electron chi connectivity index (χ2n) is 10.2. The zero-order valence-corrected chi connectivity index (χ0v) is 23.4. The molecule has 1 aromatic heterocycles. The Morgan fingerprint density at radius 2 is 1.75 bits per heavy atom. The van der Waals surface area contributed by atoms with E-state index >= 15 is 0 Å². The molecule has 0 aliphatic carbocycles. The minimum Gasteiger partial charge on any atom is -0.369 e. The average Bonchev–Trinajstić information content (AvgIpc) is 3.28. The summed E-state index contributed by atoms with van der Waals surface area (Å²) in [6.07, 6.45) is 4.37. The van der Waals surface area contributed by atoms with Gasteiger partial charge in [-0.1, -0.05) is 18.7 Å². The van der Waals surface area contributed by atoms with Gasteiger partial charge < -0.3 is 26.7 Å². The summed E-state index contributed by atoms with van der Waals surface area (Å²) in [6, 6.07) is 10.7. The molecule has 10 nitrogen and oxygen atoms in total. The Morgan fingerprint density at radius 1 is 1.07 bits per heavy atom. The number of aryl methyl sites for hydroxylation is 1. The van der Waals surface area contributed by atoms with Crippen molar-refractivity contribution >= 4 is 57.3 Å². The Morgan fingerprint density at radius 3 is 2.45 bits per heavy atom. The van der Waals surface area contributed by atoms with Gasteiger partial charge in [0.15, 0.2) is 0 Å². The molecule has 2 atom stereocenters. The molecular formula is C29H36ClN7O3. The highest BCUT2D eigenvalue weighted by atomic mass is 35.5. The maximum absolute atomic E-state index is 13.5. The molecular weight excluding hydrogens is 530 g/mol. The van der Waals surface area contributed by atoms with Crippen LogP contribution in [0.5, 0.6) is 0 Å². The van der Waals surface area contributed by atoms with Gasteiger partial charge in [0.1, 0.15) is 12.1 Å². The maximum atomic E-state index is 13.5. The summed E-state index contributed by atoms with van der Waals surface area (Å²) in [5.41, 5.74) is 10.3. The number of amides is 3. The highest BCUT2D eigenvalue weighted by Gasteiger charge is 2.27. The normalized spacial score (nSPS) is 19.4. The van der Waals surface area contributed by atoms with Gasteiger partial charge in [-0.05, 0) is 73.9 Å². The number of allylic oxidation sites excluding steroid dienone is 1.